The van der Waals surface area contributed by atoms with Crippen LogP contribution in [0.15, 0.2) is 30.2 Å². The van der Waals surface area contributed by atoms with Gasteiger partial charge in [0.15, 0.2) is 0 Å². The molecule has 0 saturated heterocycles. The van der Waals surface area contributed by atoms with Gasteiger partial charge in [-0.25, -0.2) is 19.4 Å². The van der Waals surface area contributed by atoms with E-state index in [9.17, 15) is 4.79 Å². The third kappa shape index (κ3) is 3.74. The molecule has 120 valence electrons. The van der Waals surface area contributed by atoms with Crippen molar-refractivity contribution in [1.29, 1.82) is 0 Å². The van der Waals surface area contributed by atoms with E-state index in [-0.39, 0.29) is 6.03 Å². The maximum Gasteiger partial charge on any atom is 0.317 e. The number of urea groups is 1. The monoisotopic (exact) mass is 348 g/mol. The lowest BCUT2D eigenvalue weighted by Gasteiger charge is -2.17. The van der Waals surface area contributed by atoms with Gasteiger partial charge in [0, 0.05) is 35.4 Å². The Bertz CT molecular complexity index is 779. The first kappa shape index (κ1) is 15.6. The molecule has 0 aliphatic carbocycles. The van der Waals surface area contributed by atoms with Crippen LogP contribution in [0.4, 0.5) is 4.79 Å². The van der Waals surface area contributed by atoms with Crippen molar-refractivity contribution < 1.29 is 4.79 Å². The molecule has 0 fully saturated rings. The Hall–Kier alpha value is -2.26. The Morgan fingerprint density at radius 1 is 1.43 bits per heavy atom. The third-order valence-electron chi connectivity index (χ3n) is 3.23. The summed E-state index contributed by atoms with van der Waals surface area (Å²) in [6.07, 6.45) is 5.31. The normalized spacial score (nSPS) is 10.7. The number of rotatable bonds is 5. The Balaban J connectivity index is 1.53. The van der Waals surface area contributed by atoms with Crippen molar-refractivity contribution in [1.82, 2.24) is 30.0 Å². The van der Waals surface area contributed by atoms with Gasteiger partial charge in [-0.1, -0.05) is 11.3 Å². The molecule has 1 N–H and O–H groups in total. The number of aryl methyl sites for hydroxylation is 1. The molecular formula is C14H16N6OS2. The largest absolute Gasteiger partial charge is 0.333 e. The van der Waals surface area contributed by atoms with Gasteiger partial charge in [-0.15, -0.1) is 11.3 Å². The first-order valence-electron chi connectivity index (χ1n) is 6.96. The van der Waals surface area contributed by atoms with Crippen LogP contribution in [0.1, 0.15) is 15.4 Å². The zero-order valence-corrected chi connectivity index (χ0v) is 14.4. The average Bonchev–Trinajstić information content (AvgIpc) is 3.26. The number of carbonyl (C=O) groups is 1. The number of thiazole rings is 2. The summed E-state index contributed by atoms with van der Waals surface area (Å²) in [6.45, 7) is 2.96. The summed E-state index contributed by atoms with van der Waals surface area (Å²) in [5.41, 5.74) is 2.77. The van der Waals surface area contributed by atoms with E-state index < -0.39 is 0 Å². The van der Waals surface area contributed by atoms with Crippen LogP contribution in [0.25, 0.3) is 5.13 Å². The van der Waals surface area contributed by atoms with Gasteiger partial charge >= 0.3 is 6.03 Å². The summed E-state index contributed by atoms with van der Waals surface area (Å²) in [5, 5.41) is 7.82. The van der Waals surface area contributed by atoms with Crippen LogP contribution in [0.3, 0.4) is 0 Å². The van der Waals surface area contributed by atoms with Crippen LogP contribution in [0.5, 0.6) is 0 Å². The van der Waals surface area contributed by atoms with Crippen LogP contribution < -0.4 is 5.32 Å². The van der Waals surface area contributed by atoms with Gasteiger partial charge in [0.2, 0.25) is 5.13 Å². The second-order valence-corrected chi connectivity index (χ2v) is 6.97. The van der Waals surface area contributed by atoms with E-state index in [1.54, 1.807) is 45.9 Å². The Morgan fingerprint density at radius 3 is 3.00 bits per heavy atom. The second-order valence-electron chi connectivity index (χ2n) is 4.94. The molecule has 0 unspecified atom stereocenters. The second kappa shape index (κ2) is 6.88. The summed E-state index contributed by atoms with van der Waals surface area (Å²) in [5.74, 6) is 0. The molecule has 3 heterocycles. The average molecular weight is 348 g/mol. The van der Waals surface area contributed by atoms with Crippen molar-refractivity contribution in [3.63, 3.8) is 0 Å². The smallest absolute Gasteiger partial charge is 0.317 e. The molecule has 0 radical (unpaired) electrons. The lowest BCUT2D eigenvalue weighted by atomic mass is 10.4. The van der Waals surface area contributed by atoms with Gasteiger partial charge < -0.3 is 10.2 Å². The molecule has 0 aromatic carbocycles. The van der Waals surface area contributed by atoms with Gasteiger partial charge in [0.25, 0.3) is 0 Å². The number of carbonyl (C=O) groups excluding carboxylic acids is 1. The fourth-order valence-corrected chi connectivity index (χ4v) is 3.55. The van der Waals surface area contributed by atoms with Crippen LogP contribution in [-0.2, 0) is 13.1 Å². The van der Waals surface area contributed by atoms with Gasteiger partial charge in [-0.2, -0.15) is 5.10 Å². The first-order chi connectivity index (χ1) is 11.1. The standard InChI is InChI=1S/C14H16N6OS2/c1-10-12(22-9-17-10)8-19(2)13(21)15-6-11-7-16-14(23-11)20-5-3-4-18-20/h3-5,7,9H,6,8H2,1-2H3,(H,15,21). The summed E-state index contributed by atoms with van der Waals surface area (Å²) < 4.78 is 1.70. The Kier molecular flexibility index (Phi) is 4.68. The minimum absolute atomic E-state index is 0.119. The molecule has 3 rings (SSSR count). The van der Waals surface area contributed by atoms with Crippen molar-refractivity contribution in [2.45, 2.75) is 20.0 Å². The maximum atomic E-state index is 12.2. The quantitative estimate of drug-likeness (QED) is 0.768. The van der Waals surface area contributed by atoms with Crippen molar-refractivity contribution in [2.75, 3.05) is 7.05 Å². The van der Waals surface area contributed by atoms with Crippen LogP contribution >= 0.6 is 22.7 Å². The SMILES string of the molecule is Cc1ncsc1CN(C)C(=O)NCc1cnc(-n2cccn2)s1. The van der Waals surface area contributed by atoms with Crippen molar-refractivity contribution in [3.8, 4) is 5.13 Å². The minimum atomic E-state index is -0.119. The molecule has 2 amide bonds. The zero-order chi connectivity index (χ0) is 16.2. The summed E-state index contributed by atoms with van der Waals surface area (Å²) in [4.78, 5) is 24.4. The highest BCUT2D eigenvalue weighted by molar-refractivity contribution is 7.14. The maximum absolute atomic E-state index is 12.2. The number of nitrogens with zero attached hydrogens (tertiary/aromatic N) is 5. The summed E-state index contributed by atoms with van der Waals surface area (Å²) in [6, 6.07) is 1.73. The van der Waals surface area contributed by atoms with Crippen molar-refractivity contribution >= 4 is 28.7 Å². The summed E-state index contributed by atoms with van der Waals surface area (Å²) in [7, 11) is 1.77. The highest BCUT2D eigenvalue weighted by Crippen LogP contribution is 2.17. The molecular weight excluding hydrogens is 332 g/mol. The molecule has 7 nitrogen and oxygen atoms in total. The lowest BCUT2D eigenvalue weighted by Crippen LogP contribution is -2.36. The number of hydrogen-bond donors (Lipinski definition) is 1. The zero-order valence-electron chi connectivity index (χ0n) is 12.8. The van der Waals surface area contributed by atoms with Crippen molar-refractivity contribution in [3.05, 3.63) is 45.6 Å². The third-order valence-corrected chi connectivity index (χ3v) is 5.13. The molecule has 0 saturated carbocycles. The van der Waals surface area contributed by atoms with E-state index in [0.29, 0.717) is 13.1 Å². The number of nitrogens with one attached hydrogen (secondary N) is 1. The highest BCUT2D eigenvalue weighted by Gasteiger charge is 2.12. The number of hydrogen-bond acceptors (Lipinski definition) is 6. The Labute approximate surface area is 141 Å². The van der Waals surface area contributed by atoms with E-state index in [0.717, 1.165) is 20.6 Å². The molecule has 0 bridgehead atoms. The lowest BCUT2D eigenvalue weighted by molar-refractivity contribution is 0.207. The fraction of sp³-hybridized carbons (Fsp3) is 0.286. The van der Waals surface area contributed by atoms with Crippen LogP contribution in [0.2, 0.25) is 0 Å². The minimum Gasteiger partial charge on any atom is -0.333 e. The van der Waals surface area contributed by atoms with Gasteiger partial charge in [0.05, 0.1) is 24.3 Å². The highest BCUT2D eigenvalue weighted by atomic mass is 32.1. The summed E-state index contributed by atoms with van der Waals surface area (Å²) >= 11 is 3.06. The van der Waals surface area contributed by atoms with E-state index in [4.69, 9.17) is 0 Å². The van der Waals surface area contributed by atoms with E-state index in [1.807, 2.05) is 19.2 Å². The number of amides is 2. The fourth-order valence-electron chi connectivity index (χ4n) is 1.93. The first-order valence-corrected chi connectivity index (χ1v) is 8.66. The van der Waals surface area contributed by atoms with Crippen molar-refractivity contribution in [2.24, 2.45) is 0 Å². The van der Waals surface area contributed by atoms with Crippen LogP contribution in [-0.4, -0.2) is 37.7 Å². The molecule has 0 aliphatic heterocycles. The molecule has 0 spiro atoms. The predicted molar refractivity (Wildman–Crippen MR) is 89.8 cm³/mol. The topological polar surface area (TPSA) is 75.9 Å². The van der Waals surface area contributed by atoms with Gasteiger partial charge in [-0.3, -0.25) is 0 Å². The van der Waals surface area contributed by atoms with E-state index >= 15 is 0 Å². The molecule has 3 aromatic heterocycles. The molecule has 0 atom stereocenters. The molecule has 9 heteroatoms. The van der Waals surface area contributed by atoms with Gasteiger partial charge in [0.1, 0.15) is 0 Å². The molecule has 3 aromatic rings. The van der Waals surface area contributed by atoms with Crippen LogP contribution in [0, 0.1) is 6.92 Å². The number of aromatic nitrogens is 4. The predicted octanol–water partition coefficient (Wildman–Crippen LogP) is 2.44. The van der Waals surface area contributed by atoms with E-state index in [1.165, 1.54) is 11.3 Å². The molecule has 23 heavy (non-hydrogen) atoms. The Morgan fingerprint density at radius 2 is 2.30 bits per heavy atom. The molecule has 0 aliphatic rings. The van der Waals surface area contributed by atoms with E-state index in [2.05, 4.69) is 20.4 Å². The van der Waals surface area contributed by atoms with Gasteiger partial charge in [-0.05, 0) is 13.0 Å².